The molecule has 0 aliphatic carbocycles. The van der Waals surface area contributed by atoms with Gasteiger partial charge >= 0.3 is 0 Å². The monoisotopic (exact) mass is 274 g/mol. The number of rotatable bonds is 3. The van der Waals surface area contributed by atoms with E-state index in [1.54, 1.807) is 0 Å². The quantitative estimate of drug-likeness (QED) is 0.736. The van der Waals surface area contributed by atoms with Crippen LogP contribution in [0.1, 0.15) is 33.6 Å². The summed E-state index contributed by atoms with van der Waals surface area (Å²) in [5.41, 5.74) is -0.522. The van der Waals surface area contributed by atoms with E-state index in [0.29, 0.717) is 31.9 Å². The molecule has 0 aromatic carbocycles. The lowest BCUT2D eigenvalue weighted by Gasteiger charge is -2.29. The summed E-state index contributed by atoms with van der Waals surface area (Å²) in [6.07, 6.45) is 1.37. The third-order valence-corrected chi connectivity index (χ3v) is 4.02. The highest BCUT2D eigenvalue weighted by Crippen LogP contribution is 2.21. The molecule has 0 atom stereocenters. The fraction of sp³-hybridized carbons (Fsp3) is 0.846. The van der Waals surface area contributed by atoms with E-state index in [4.69, 9.17) is 11.6 Å². The summed E-state index contributed by atoms with van der Waals surface area (Å²) < 4.78 is 0. The number of alkyl halides is 1. The molecule has 0 bridgehead atoms. The van der Waals surface area contributed by atoms with Gasteiger partial charge < -0.3 is 9.80 Å². The molecule has 104 valence electrons. The van der Waals surface area contributed by atoms with Crippen LogP contribution >= 0.6 is 11.6 Å². The van der Waals surface area contributed by atoms with Crippen LogP contribution in [0.5, 0.6) is 0 Å². The Morgan fingerprint density at radius 1 is 1.11 bits per heavy atom. The minimum atomic E-state index is -0.522. The minimum Gasteiger partial charge on any atom is -0.341 e. The third-order valence-electron chi connectivity index (χ3n) is 3.35. The summed E-state index contributed by atoms with van der Waals surface area (Å²) in [6, 6.07) is 0. The zero-order chi connectivity index (χ0) is 13.8. The average molecular weight is 275 g/mol. The first-order valence-electron chi connectivity index (χ1n) is 6.55. The van der Waals surface area contributed by atoms with Gasteiger partial charge in [0.25, 0.3) is 0 Å². The van der Waals surface area contributed by atoms with Crippen molar-refractivity contribution in [2.24, 2.45) is 5.41 Å². The minimum absolute atomic E-state index is 0.0864. The largest absolute Gasteiger partial charge is 0.341 e. The Morgan fingerprint density at radius 2 is 1.67 bits per heavy atom. The number of hydrogen-bond acceptors (Lipinski definition) is 2. The summed E-state index contributed by atoms with van der Waals surface area (Å²) in [5, 5.41) is 0. The number of carbonyl (C=O) groups excluding carboxylic acids is 2. The number of carbonyl (C=O) groups is 2. The summed E-state index contributed by atoms with van der Waals surface area (Å²) in [6.45, 7) is 8.31. The zero-order valence-electron chi connectivity index (χ0n) is 11.5. The molecule has 0 saturated carbocycles. The molecule has 0 N–H and O–H groups in total. The highest BCUT2D eigenvalue weighted by Gasteiger charge is 2.32. The molecule has 5 heteroatoms. The second-order valence-electron chi connectivity index (χ2n) is 5.40. The van der Waals surface area contributed by atoms with Gasteiger partial charge in [-0.05, 0) is 20.3 Å². The van der Waals surface area contributed by atoms with Gasteiger partial charge in [-0.15, -0.1) is 11.6 Å². The van der Waals surface area contributed by atoms with Crippen LogP contribution in [0, 0.1) is 5.41 Å². The Labute approximate surface area is 114 Å². The lowest BCUT2D eigenvalue weighted by atomic mass is 9.94. The van der Waals surface area contributed by atoms with Crippen molar-refractivity contribution in [3.05, 3.63) is 0 Å². The maximum absolute atomic E-state index is 12.3. The number of nitrogens with zero attached hydrogens (tertiary/aromatic N) is 2. The second kappa shape index (κ2) is 6.41. The lowest BCUT2D eigenvalue weighted by molar-refractivity contribution is -0.139. The van der Waals surface area contributed by atoms with Crippen molar-refractivity contribution in [2.45, 2.75) is 33.6 Å². The molecule has 2 amide bonds. The van der Waals surface area contributed by atoms with E-state index >= 15 is 0 Å². The van der Waals surface area contributed by atoms with Gasteiger partial charge in [0.15, 0.2) is 0 Å². The van der Waals surface area contributed by atoms with E-state index < -0.39 is 5.41 Å². The van der Waals surface area contributed by atoms with E-state index in [1.807, 2.05) is 30.6 Å². The molecule has 0 aromatic heterocycles. The van der Waals surface area contributed by atoms with Crippen molar-refractivity contribution in [3.8, 4) is 0 Å². The van der Waals surface area contributed by atoms with Gasteiger partial charge in [-0.3, -0.25) is 9.59 Å². The summed E-state index contributed by atoms with van der Waals surface area (Å²) >= 11 is 5.84. The molecule has 1 fully saturated rings. The van der Waals surface area contributed by atoms with E-state index in [9.17, 15) is 9.59 Å². The Kier molecular flexibility index (Phi) is 5.45. The molecule has 1 aliphatic rings. The van der Waals surface area contributed by atoms with Gasteiger partial charge in [-0.1, -0.05) is 6.92 Å². The Balaban J connectivity index is 2.62. The number of hydrogen-bond donors (Lipinski definition) is 0. The molecule has 0 aromatic rings. The predicted molar refractivity (Wildman–Crippen MR) is 72.6 cm³/mol. The van der Waals surface area contributed by atoms with Gasteiger partial charge in [-0.25, -0.2) is 0 Å². The number of amides is 2. The summed E-state index contributed by atoms with van der Waals surface area (Å²) in [7, 11) is 0. The Hall–Kier alpha value is -0.770. The first-order valence-corrected chi connectivity index (χ1v) is 7.09. The molecule has 1 heterocycles. The molecule has 4 nitrogen and oxygen atoms in total. The second-order valence-corrected chi connectivity index (χ2v) is 5.66. The maximum Gasteiger partial charge on any atom is 0.229 e. The summed E-state index contributed by atoms with van der Waals surface area (Å²) in [4.78, 5) is 27.6. The maximum atomic E-state index is 12.3. The predicted octanol–water partition coefficient (Wildman–Crippen LogP) is 1.72. The normalized spacial score (nSPS) is 17.6. The van der Waals surface area contributed by atoms with Crippen LogP contribution in [0.25, 0.3) is 0 Å². The topological polar surface area (TPSA) is 40.6 Å². The SMILES string of the molecule is CCC(=O)N1CCCN(C(=O)C(C)(C)CCl)CC1. The zero-order valence-corrected chi connectivity index (χ0v) is 12.3. The highest BCUT2D eigenvalue weighted by molar-refractivity contribution is 6.19. The van der Waals surface area contributed by atoms with Crippen LogP contribution in [0.4, 0.5) is 0 Å². The van der Waals surface area contributed by atoms with Crippen LogP contribution in [0.2, 0.25) is 0 Å². The van der Waals surface area contributed by atoms with Crippen molar-refractivity contribution in [3.63, 3.8) is 0 Å². The highest BCUT2D eigenvalue weighted by atomic mass is 35.5. The Morgan fingerprint density at radius 3 is 2.22 bits per heavy atom. The first kappa shape index (κ1) is 15.3. The molecule has 1 rings (SSSR count). The molecular weight excluding hydrogens is 252 g/mol. The van der Waals surface area contributed by atoms with Crippen LogP contribution in [-0.2, 0) is 9.59 Å². The fourth-order valence-electron chi connectivity index (χ4n) is 2.08. The molecule has 1 saturated heterocycles. The van der Waals surface area contributed by atoms with E-state index in [-0.39, 0.29) is 11.8 Å². The molecule has 0 radical (unpaired) electrons. The fourth-order valence-corrected chi connectivity index (χ4v) is 2.19. The van der Waals surface area contributed by atoms with Crippen molar-refractivity contribution < 1.29 is 9.59 Å². The Bertz CT molecular complexity index is 318. The molecule has 18 heavy (non-hydrogen) atoms. The van der Waals surface area contributed by atoms with Crippen LogP contribution < -0.4 is 0 Å². The molecule has 0 unspecified atom stereocenters. The lowest BCUT2D eigenvalue weighted by Crippen LogP contribution is -2.44. The van der Waals surface area contributed by atoms with E-state index in [0.717, 1.165) is 13.0 Å². The van der Waals surface area contributed by atoms with Gasteiger partial charge in [0.2, 0.25) is 11.8 Å². The van der Waals surface area contributed by atoms with Gasteiger partial charge in [0.05, 0.1) is 5.41 Å². The van der Waals surface area contributed by atoms with E-state index in [1.165, 1.54) is 0 Å². The van der Waals surface area contributed by atoms with Gasteiger partial charge in [0.1, 0.15) is 0 Å². The van der Waals surface area contributed by atoms with Crippen molar-refractivity contribution >= 4 is 23.4 Å². The summed E-state index contributed by atoms with van der Waals surface area (Å²) in [5.74, 6) is 0.573. The number of halogens is 1. The standard InChI is InChI=1S/C13H23ClN2O2/c1-4-11(17)15-6-5-7-16(9-8-15)12(18)13(2,3)10-14/h4-10H2,1-3H3. The molecule has 0 spiro atoms. The van der Waals surface area contributed by atoms with E-state index in [2.05, 4.69) is 0 Å². The van der Waals surface area contributed by atoms with Crippen LogP contribution in [-0.4, -0.2) is 53.7 Å². The van der Waals surface area contributed by atoms with Crippen molar-refractivity contribution in [2.75, 3.05) is 32.1 Å². The molecule has 1 aliphatic heterocycles. The van der Waals surface area contributed by atoms with Gasteiger partial charge in [0, 0.05) is 38.5 Å². The molecular formula is C13H23ClN2O2. The first-order chi connectivity index (χ1) is 8.42. The van der Waals surface area contributed by atoms with Crippen molar-refractivity contribution in [1.29, 1.82) is 0 Å². The van der Waals surface area contributed by atoms with Crippen LogP contribution in [0.15, 0.2) is 0 Å². The average Bonchev–Trinajstić information content (AvgIpc) is 2.62. The smallest absolute Gasteiger partial charge is 0.229 e. The van der Waals surface area contributed by atoms with Gasteiger partial charge in [-0.2, -0.15) is 0 Å². The third kappa shape index (κ3) is 3.61. The van der Waals surface area contributed by atoms with Crippen LogP contribution in [0.3, 0.4) is 0 Å². The van der Waals surface area contributed by atoms with Crippen molar-refractivity contribution in [1.82, 2.24) is 9.80 Å².